The highest BCUT2D eigenvalue weighted by Gasteiger charge is 2.39. The average Bonchev–Trinajstić information content (AvgIpc) is 2.18. The van der Waals surface area contributed by atoms with Crippen LogP contribution in [0.2, 0.25) is 0 Å². The number of hydrogen-bond donors (Lipinski definition) is 0. The zero-order chi connectivity index (χ0) is 10.8. The van der Waals surface area contributed by atoms with Crippen molar-refractivity contribution in [3.05, 3.63) is 35.9 Å². The number of rotatable bonds is 3. The van der Waals surface area contributed by atoms with Gasteiger partial charge in [0.1, 0.15) is 5.78 Å². The number of ketones is 1. The molecule has 0 heterocycles. The van der Waals surface area contributed by atoms with Gasteiger partial charge in [0.25, 0.3) is 0 Å². The lowest BCUT2D eigenvalue weighted by molar-refractivity contribution is -0.130. The molecule has 0 aromatic heterocycles. The topological polar surface area (TPSA) is 17.1 Å². The Morgan fingerprint density at radius 1 is 1.20 bits per heavy atom. The van der Waals surface area contributed by atoms with E-state index in [2.05, 4.69) is 13.8 Å². The molecule has 2 unspecified atom stereocenters. The van der Waals surface area contributed by atoms with Gasteiger partial charge in [-0.25, -0.2) is 0 Å². The third kappa shape index (κ3) is 2.11. The highest BCUT2D eigenvalue weighted by Crippen LogP contribution is 2.40. The Morgan fingerprint density at radius 3 is 2.33 bits per heavy atom. The fraction of sp³-hybridized carbons (Fsp3) is 0.500. The summed E-state index contributed by atoms with van der Waals surface area (Å²) in [6, 6.07) is 10.0. The molecule has 0 spiro atoms. The van der Waals surface area contributed by atoms with Gasteiger partial charge in [-0.3, -0.25) is 4.79 Å². The van der Waals surface area contributed by atoms with Crippen molar-refractivity contribution >= 4 is 5.78 Å². The first-order valence-electron chi connectivity index (χ1n) is 5.75. The van der Waals surface area contributed by atoms with Crippen LogP contribution in [0.5, 0.6) is 0 Å². The first-order valence-corrected chi connectivity index (χ1v) is 5.75. The molecule has 0 N–H and O–H groups in total. The maximum Gasteiger partial charge on any atom is 0.140 e. The smallest absolute Gasteiger partial charge is 0.140 e. The minimum Gasteiger partial charge on any atom is -0.299 e. The van der Waals surface area contributed by atoms with Crippen LogP contribution in [-0.2, 0) is 11.2 Å². The van der Waals surface area contributed by atoms with Crippen molar-refractivity contribution < 1.29 is 4.79 Å². The third-order valence-electron chi connectivity index (χ3n) is 3.56. The van der Waals surface area contributed by atoms with Crippen LogP contribution in [0.1, 0.15) is 25.8 Å². The predicted octanol–water partition coefficient (Wildman–Crippen LogP) is 3.09. The maximum absolute atomic E-state index is 12.0. The summed E-state index contributed by atoms with van der Waals surface area (Å²) in [4.78, 5) is 12.0. The summed E-state index contributed by atoms with van der Waals surface area (Å²) < 4.78 is 0. The molecule has 1 aromatic rings. The molecule has 1 aromatic carbocycles. The van der Waals surface area contributed by atoms with E-state index in [-0.39, 0.29) is 0 Å². The van der Waals surface area contributed by atoms with E-state index >= 15 is 0 Å². The zero-order valence-electron chi connectivity index (χ0n) is 9.44. The van der Waals surface area contributed by atoms with Crippen molar-refractivity contribution in [1.29, 1.82) is 0 Å². The lowest BCUT2D eigenvalue weighted by Crippen LogP contribution is -2.39. The minimum atomic E-state index is 0.310. The Kier molecular flexibility index (Phi) is 2.90. The summed E-state index contributed by atoms with van der Waals surface area (Å²) in [5.41, 5.74) is 1.15. The molecule has 0 bridgehead atoms. The van der Waals surface area contributed by atoms with Gasteiger partial charge < -0.3 is 0 Å². The van der Waals surface area contributed by atoms with Gasteiger partial charge in [-0.1, -0.05) is 44.2 Å². The molecule has 0 aliphatic heterocycles. The van der Waals surface area contributed by atoms with Gasteiger partial charge in [-0.05, 0) is 23.8 Å². The predicted molar refractivity (Wildman–Crippen MR) is 61.6 cm³/mol. The molecule has 15 heavy (non-hydrogen) atoms. The van der Waals surface area contributed by atoms with E-state index < -0.39 is 0 Å². The maximum atomic E-state index is 12.0. The Morgan fingerprint density at radius 2 is 1.80 bits per heavy atom. The van der Waals surface area contributed by atoms with Crippen LogP contribution in [0.4, 0.5) is 0 Å². The molecular formula is C14H18O. The third-order valence-corrected chi connectivity index (χ3v) is 3.56. The van der Waals surface area contributed by atoms with Crippen LogP contribution < -0.4 is 0 Å². The van der Waals surface area contributed by atoms with Gasteiger partial charge in [0.2, 0.25) is 0 Å². The molecule has 1 fully saturated rings. The van der Waals surface area contributed by atoms with Gasteiger partial charge in [0, 0.05) is 12.3 Å². The van der Waals surface area contributed by atoms with Crippen molar-refractivity contribution in [2.75, 3.05) is 0 Å². The van der Waals surface area contributed by atoms with Gasteiger partial charge in [-0.2, -0.15) is 0 Å². The summed E-state index contributed by atoms with van der Waals surface area (Å²) in [5, 5.41) is 0. The second-order valence-electron chi connectivity index (χ2n) is 4.84. The highest BCUT2D eigenvalue weighted by molar-refractivity contribution is 5.84. The molecule has 1 heteroatoms. The highest BCUT2D eigenvalue weighted by atomic mass is 16.1. The molecule has 0 amide bonds. The average molecular weight is 202 g/mol. The zero-order valence-corrected chi connectivity index (χ0v) is 9.44. The number of carbonyl (C=O) groups is 1. The monoisotopic (exact) mass is 202 g/mol. The van der Waals surface area contributed by atoms with E-state index in [1.165, 1.54) is 6.42 Å². The molecule has 1 nitrogen and oxygen atoms in total. The van der Waals surface area contributed by atoms with Crippen molar-refractivity contribution in [3.63, 3.8) is 0 Å². The van der Waals surface area contributed by atoms with Crippen LogP contribution in [0.3, 0.4) is 0 Å². The SMILES string of the molecule is CC1CC(C)C1C(=O)Cc1ccccc1. The summed E-state index contributed by atoms with van der Waals surface area (Å²) in [7, 11) is 0. The molecular weight excluding hydrogens is 184 g/mol. The summed E-state index contributed by atoms with van der Waals surface area (Å²) in [5.74, 6) is 1.92. The van der Waals surface area contributed by atoms with Gasteiger partial charge in [0.15, 0.2) is 0 Å². The summed E-state index contributed by atoms with van der Waals surface area (Å²) in [6.45, 7) is 4.38. The van der Waals surface area contributed by atoms with Crippen molar-refractivity contribution in [2.24, 2.45) is 17.8 Å². The molecule has 1 aliphatic rings. The minimum absolute atomic E-state index is 0.310. The molecule has 80 valence electrons. The quantitative estimate of drug-likeness (QED) is 0.736. The Bertz CT molecular complexity index is 334. The van der Waals surface area contributed by atoms with E-state index in [1.54, 1.807) is 0 Å². The van der Waals surface area contributed by atoms with E-state index in [0.29, 0.717) is 30.0 Å². The number of carbonyl (C=O) groups excluding carboxylic acids is 1. The molecule has 2 atom stereocenters. The van der Waals surface area contributed by atoms with Gasteiger partial charge in [-0.15, -0.1) is 0 Å². The molecule has 0 saturated heterocycles. The fourth-order valence-corrected chi connectivity index (χ4v) is 2.79. The number of benzene rings is 1. The fourth-order valence-electron chi connectivity index (χ4n) is 2.79. The Balaban J connectivity index is 1.98. The van der Waals surface area contributed by atoms with Crippen LogP contribution in [0.15, 0.2) is 30.3 Å². The van der Waals surface area contributed by atoms with Crippen LogP contribution in [-0.4, -0.2) is 5.78 Å². The summed E-state index contributed by atoms with van der Waals surface area (Å²) in [6.07, 6.45) is 1.82. The molecule has 2 rings (SSSR count). The largest absolute Gasteiger partial charge is 0.299 e. The normalized spacial score (nSPS) is 29.6. The lowest BCUT2D eigenvalue weighted by Gasteiger charge is -2.39. The molecule has 1 saturated carbocycles. The van der Waals surface area contributed by atoms with Crippen molar-refractivity contribution in [3.8, 4) is 0 Å². The van der Waals surface area contributed by atoms with Crippen molar-refractivity contribution in [2.45, 2.75) is 26.7 Å². The molecule has 1 aliphatic carbocycles. The number of Topliss-reactive ketones (excluding diaryl/α,β-unsaturated/α-hetero) is 1. The Hall–Kier alpha value is -1.11. The van der Waals surface area contributed by atoms with Crippen molar-refractivity contribution in [1.82, 2.24) is 0 Å². The first kappa shape index (κ1) is 10.4. The summed E-state index contributed by atoms with van der Waals surface area (Å²) >= 11 is 0. The van der Waals surface area contributed by atoms with Crippen LogP contribution in [0, 0.1) is 17.8 Å². The second kappa shape index (κ2) is 4.18. The Labute approximate surface area is 91.5 Å². The van der Waals surface area contributed by atoms with E-state index in [4.69, 9.17) is 0 Å². The van der Waals surface area contributed by atoms with Gasteiger partial charge in [0.05, 0.1) is 0 Å². The second-order valence-corrected chi connectivity index (χ2v) is 4.84. The van der Waals surface area contributed by atoms with Gasteiger partial charge >= 0.3 is 0 Å². The van der Waals surface area contributed by atoms with E-state index in [9.17, 15) is 4.79 Å². The molecule has 0 radical (unpaired) electrons. The van der Waals surface area contributed by atoms with Crippen LogP contribution >= 0.6 is 0 Å². The van der Waals surface area contributed by atoms with E-state index in [0.717, 1.165) is 5.56 Å². The van der Waals surface area contributed by atoms with E-state index in [1.807, 2.05) is 30.3 Å². The number of hydrogen-bond acceptors (Lipinski definition) is 1. The first-order chi connectivity index (χ1) is 7.18. The van der Waals surface area contributed by atoms with Crippen LogP contribution in [0.25, 0.3) is 0 Å². The standard InChI is InChI=1S/C14H18O/c1-10-8-11(2)14(10)13(15)9-12-6-4-3-5-7-12/h3-7,10-11,14H,8-9H2,1-2H3. The lowest BCUT2D eigenvalue weighted by atomic mass is 9.64.